The second kappa shape index (κ2) is 9.90. The van der Waals surface area contributed by atoms with Crippen molar-refractivity contribution in [3.05, 3.63) is 70.0 Å². The van der Waals surface area contributed by atoms with Gasteiger partial charge in [0.05, 0.1) is 13.7 Å². The highest BCUT2D eigenvalue weighted by Crippen LogP contribution is 2.25. The van der Waals surface area contributed by atoms with Crippen molar-refractivity contribution in [1.82, 2.24) is 9.88 Å². The van der Waals surface area contributed by atoms with E-state index in [1.54, 1.807) is 7.11 Å². The number of benzene rings is 2. The molecule has 2 amide bonds. The van der Waals surface area contributed by atoms with Gasteiger partial charge >= 0.3 is 6.03 Å². The lowest BCUT2D eigenvalue weighted by Crippen LogP contribution is -2.44. The zero-order valence-corrected chi connectivity index (χ0v) is 18.8. The number of nitrogens with zero attached hydrogens (tertiary/aromatic N) is 1. The van der Waals surface area contributed by atoms with Gasteiger partial charge < -0.3 is 19.9 Å². The first-order valence-corrected chi connectivity index (χ1v) is 11.4. The number of hydrogen-bond donors (Lipinski definition) is 2. The van der Waals surface area contributed by atoms with Gasteiger partial charge in [-0.1, -0.05) is 32.3 Å². The second-order valence-electron chi connectivity index (χ2n) is 8.48. The molecule has 1 heterocycles. The van der Waals surface area contributed by atoms with E-state index in [2.05, 4.69) is 23.3 Å². The van der Waals surface area contributed by atoms with Crippen LogP contribution < -0.4 is 15.6 Å². The Morgan fingerprint density at radius 2 is 1.84 bits per heavy atom. The van der Waals surface area contributed by atoms with E-state index in [0.29, 0.717) is 11.3 Å². The third-order valence-corrected chi connectivity index (χ3v) is 6.35. The molecule has 0 atom stereocenters. The van der Waals surface area contributed by atoms with E-state index in [-0.39, 0.29) is 24.2 Å². The lowest BCUT2D eigenvalue weighted by atomic mass is 9.94. The molecule has 2 N–H and O–H groups in total. The molecule has 168 valence electrons. The van der Waals surface area contributed by atoms with Crippen LogP contribution in [0.25, 0.3) is 10.9 Å². The number of hydrogen-bond acceptors (Lipinski definition) is 3. The molecular weight excluding hydrogens is 402 g/mol. The Kier molecular flexibility index (Phi) is 6.78. The van der Waals surface area contributed by atoms with Crippen LogP contribution in [0.4, 0.5) is 10.5 Å². The van der Waals surface area contributed by atoms with Crippen molar-refractivity contribution >= 4 is 22.6 Å². The molecule has 32 heavy (non-hydrogen) atoms. The quantitative estimate of drug-likeness (QED) is 0.542. The lowest BCUT2D eigenvalue weighted by Gasteiger charge is -2.34. The Bertz CT molecular complexity index is 1130. The molecule has 6 heteroatoms. The van der Waals surface area contributed by atoms with E-state index in [9.17, 15) is 9.59 Å². The molecule has 1 aliphatic rings. The van der Waals surface area contributed by atoms with Gasteiger partial charge in [-0.05, 0) is 72.7 Å². The lowest BCUT2D eigenvalue weighted by molar-refractivity contribution is 0.162. The maximum absolute atomic E-state index is 13.3. The SMILES string of the molecule is CCc1ccc2[nH]c(=O)c(CN(C(=O)Nc3ccc(OC)cc3)C3CCCCC3)cc2c1. The summed E-state index contributed by atoms with van der Waals surface area (Å²) in [5.41, 5.74) is 3.22. The third-order valence-electron chi connectivity index (χ3n) is 6.35. The van der Waals surface area contributed by atoms with Crippen LogP contribution in [-0.4, -0.2) is 29.1 Å². The Morgan fingerprint density at radius 1 is 1.09 bits per heavy atom. The highest BCUT2D eigenvalue weighted by molar-refractivity contribution is 5.89. The van der Waals surface area contributed by atoms with Crippen molar-refractivity contribution < 1.29 is 9.53 Å². The average Bonchev–Trinajstić information content (AvgIpc) is 2.83. The molecule has 1 fully saturated rings. The van der Waals surface area contributed by atoms with Crippen molar-refractivity contribution in [2.75, 3.05) is 12.4 Å². The number of ether oxygens (including phenoxy) is 1. The normalized spacial score (nSPS) is 14.3. The summed E-state index contributed by atoms with van der Waals surface area (Å²) >= 11 is 0. The maximum Gasteiger partial charge on any atom is 0.322 e. The van der Waals surface area contributed by atoms with Gasteiger partial charge in [0, 0.05) is 22.8 Å². The highest BCUT2D eigenvalue weighted by atomic mass is 16.5. The molecule has 6 nitrogen and oxygen atoms in total. The predicted octanol–water partition coefficient (Wildman–Crippen LogP) is 5.47. The zero-order chi connectivity index (χ0) is 22.5. The molecule has 3 aromatic rings. The monoisotopic (exact) mass is 433 g/mol. The fourth-order valence-corrected chi connectivity index (χ4v) is 4.45. The number of urea groups is 1. The van der Waals surface area contributed by atoms with Crippen molar-refractivity contribution in [2.45, 2.75) is 58.0 Å². The van der Waals surface area contributed by atoms with Gasteiger partial charge in [-0.2, -0.15) is 0 Å². The van der Waals surface area contributed by atoms with Gasteiger partial charge in [0.25, 0.3) is 5.56 Å². The van der Waals surface area contributed by atoms with Crippen molar-refractivity contribution in [3.8, 4) is 5.75 Å². The van der Waals surface area contributed by atoms with E-state index < -0.39 is 0 Å². The number of anilines is 1. The van der Waals surface area contributed by atoms with Gasteiger partial charge in [-0.3, -0.25) is 4.79 Å². The van der Waals surface area contributed by atoms with Crippen LogP contribution in [-0.2, 0) is 13.0 Å². The summed E-state index contributed by atoms with van der Waals surface area (Å²) < 4.78 is 5.20. The molecule has 0 unspecified atom stereocenters. The Labute approximate surface area is 188 Å². The third kappa shape index (κ3) is 4.96. The molecule has 0 saturated heterocycles. The molecule has 0 radical (unpaired) electrons. The minimum absolute atomic E-state index is 0.124. The fraction of sp³-hybridized carbons (Fsp3) is 0.385. The number of methoxy groups -OCH3 is 1. The number of rotatable bonds is 6. The van der Waals surface area contributed by atoms with Gasteiger partial charge in [0.1, 0.15) is 5.75 Å². The summed E-state index contributed by atoms with van der Waals surface area (Å²) in [5.74, 6) is 0.737. The maximum atomic E-state index is 13.3. The highest BCUT2D eigenvalue weighted by Gasteiger charge is 2.26. The number of H-pyrrole nitrogens is 1. The second-order valence-corrected chi connectivity index (χ2v) is 8.48. The van der Waals surface area contributed by atoms with Gasteiger partial charge in [-0.15, -0.1) is 0 Å². The number of amides is 2. The van der Waals surface area contributed by atoms with Crippen LogP contribution in [0.2, 0.25) is 0 Å². The first-order chi connectivity index (χ1) is 15.6. The topological polar surface area (TPSA) is 74.4 Å². The smallest absolute Gasteiger partial charge is 0.322 e. The standard InChI is InChI=1S/C26H31N3O3/c1-3-18-9-14-24-19(15-18)16-20(25(30)28-24)17-29(22-7-5-4-6-8-22)26(31)27-21-10-12-23(32-2)13-11-21/h9-16,22H,3-8,17H2,1-2H3,(H,27,31)(H,28,30). The van der Waals surface area contributed by atoms with Crippen molar-refractivity contribution in [2.24, 2.45) is 0 Å². The zero-order valence-electron chi connectivity index (χ0n) is 18.8. The molecule has 1 aliphatic carbocycles. The van der Waals surface area contributed by atoms with Crippen LogP contribution in [0.1, 0.15) is 50.2 Å². The van der Waals surface area contributed by atoms with Gasteiger partial charge in [-0.25, -0.2) is 4.79 Å². The summed E-state index contributed by atoms with van der Waals surface area (Å²) in [7, 11) is 1.61. The number of pyridine rings is 1. The predicted molar refractivity (Wildman–Crippen MR) is 128 cm³/mol. The number of aromatic nitrogens is 1. The molecule has 1 aromatic heterocycles. The Balaban J connectivity index is 1.62. The molecule has 1 saturated carbocycles. The molecule has 0 bridgehead atoms. The first kappa shape index (κ1) is 21.9. The minimum Gasteiger partial charge on any atom is -0.497 e. The Hall–Kier alpha value is -3.28. The summed E-state index contributed by atoms with van der Waals surface area (Å²) in [4.78, 5) is 31.0. The van der Waals surface area contributed by atoms with Crippen LogP contribution >= 0.6 is 0 Å². The average molecular weight is 434 g/mol. The molecule has 2 aromatic carbocycles. The number of nitrogens with one attached hydrogen (secondary N) is 2. The van der Waals surface area contributed by atoms with Crippen LogP contribution in [0, 0.1) is 0 Å². The number of carbonyl (C=O) groups is 1. The Morgan fingerprint density at radius 3 is 2.53 bits per heavy atom. The van der Waals surface area contributed by atoms with E-state index in [1.165, 1.54) is 12.0 Å². The number of aromatic amines is 1. The van der Waals surface area contributed by atoms with Gasteiger partial charge in [0.15, 0.2) is 0 Å². The first-order valence-electron chi connectivity index (χ1n) is 11.4. The van der Waals surface area contributed by atoms with Gasteiger partial charge in [0.2, 0.25) is 0 Å². The van der Waals surface area contributed by atoms with Crippen LogP contribution in [0.3, 0.4) is 0 Å². The van der Waals surface area contributed by atoms with E-state index in [4.69, 9.17) is 4.74 Å². The van der Waals surface area contributed by atoms with E-state index in [0.717, 1.165) is 48.8 Å². The largest absolute Gasteiger partial charge is 0.497 e. The molecule has 0 aliphatic heterocycles. The van der Waals surface area contributed by atoms with E-state index >= 15 is 0 Å². The minimum atomic E-state index is -0.177. The summed E-state index contributed by atoms with van der Waals surface area (Å²) in [5, 5.41) is 4.00. The van der Waals surface area contributed by atoms with Crippen molar-refractivity contribution in [1.29, 1.82) is 0 Å². The number of fused-ring (bicyclic) bond motifs is 1. The number of carbonyl (C=O) groups excluding carboxylic acids is 1. The molecule has 0 spiro atoms. The van der Waals surface area contributed by atoms with Crippen LogP contribution in [0.15, 0.2) is 53.3 Å². The fourth-order valence-electron chi connectivity index (χ4n) is 4.45. The number of aryl methyl sites for hydroxylation is 1. The summed E-state index contributed by atoms with van der Waals surface area (Å²) in [6.07, 6.45) is 6.25. The van der Waals surface area contributed by atoms with Crippen molar-refractivity contribution in [3.63, 3.8) is 0 Å². The summed E-state index contributed by atoms with van der Waals surface area (Å²) in [6, 6.07) is 15.3. The molecular formula is C26H31N3O3. The summed E-state index contributed by atoms with van der Waals surface area (Å²) in [6.45, 7) is 2.40. The molecule has 4 rings (SSSR count). The van der Waals surface area contributed by atoms with Crippen LogP contribution in [0.5, 0.6) is 5.75 Å². The van der Waals surface area contributed by atoms with E-state index in [1.807, 2.05) is 47.4 Å².